The van der Waals surface area contributed by atoms with E-state index in [0.29, 0.717) is 13.2 Å². The summed E-state index contributed by atoms with van der Waals surface area (Å²) in [6.45, 7) is 4.48. The molecule has 28 heavy (non-hydrogen) atoms. The van der Waals surface area contributed by atoms with Gasteiger partial charge in [-0.1, -0.05) is 36.4 Å². The number of carbonyl (C=O) groups excluding carboxylic acids is 1. The van der Waals surface area contributed by atoms with Crippen molar-refractivity contribution in [1.82, 2.24) is 9.80 Å². The summed E-state index contributed by atoms with van der Waals surface area (Å²) in [5.74, 6) is 0.230. The highest BCUT2D eigenvalue weighted by Gasteiger charge is 2.45. The fraction of sp³-hybridized carbons (Fsp3) is 0.435. The zero-order valence-electron chi connectivity index (χ0n) is 16.0. The second-order valence-electron chi connectivity index (χ2n) is 8.47. The lowest BCUT2D eigenvalue weighted by atomic mass is 9.86. The summed E-state index contributed by atoms with van der Waals surface area (Å²) in [6, 6.07) is 15.3. The summed E-state index contributed by atoms with van der Waals surface area (Å²) < 4.78 is 5.89. The minimum atomic E-state index is -0.229. The van der Waals surface area contributed by atoms with Crippen LogP contribution < -0.4 is 0 Å². The second-order valence-corrected chi connectivity index (χ2v) is 8.47. The van der Waals surface area contributed by atoms with Crippen LogP contribution in [0.25, 0.3) is 0 Å². The molecule has 5 rings (SSSR count). The number of phenolic OH excluding ortho intramolecular Hbond substituents is 1. The fourth-order valence-electron chi connectivity index (χ4n) is 5.08. The van der Waals surface area contributed by atoms with Gasteiger partial charge >= 0.3 is 6.09 Å². The van der Waals surface area contributed by atoms with E-state index in [0.717, 1.165) is 50.0 Å². The van der Waals surface area contributed by atoms with Crippen LogP contribution in [0.15, 0.2) is 48.5 Å². The number of phenols is 1. The summed E-state index contributed by atoms with van der Waals surface area (Å²) >= 11 is 0. The van der Waals surface area contributed by atoms with Crippen molar-refractivity contribution in [1.29, 1.82) is 0 Å². The molecular weight excluding hydrogens is 352 g/mol. The molecule has 2 saturated heterocycles. The van der Waals surface area contributed by atoms with Gasteiger partial charge in [-0.25, -0.2) is 4.79 Å². The second kappa shape index (κ2) is 6.82. The number of carbonyl (C=O) groups is 1. The summed E-state index contributed by atoms with van der Waals surface area (Å²) in [7, 11) is 0. The van der Waals surface area contributed by atoms with E-state index < -0.39 is 0 Å². The number of aromatic hydroxyl groups is 1. The van der Waals surface area contributed by atoms with Crippen molar-refractivity contribution < 1.29 is 14.6 Å². The molecule has 1 amide bonds. The number of ether oxygens (including phenoxy) is 1. The highest BCUT2D eigenvalue weighted by atomic mass is 16.6. The molecule has 2 bridgehead atoms. The normalized spacial score (nSPS) is 28.2. The largest absolute Gasteiger partial charge is 0.508 e. The maximum atomic E-state index is 13.1. The average molecular weight is 378 g/mol. The van der Waals surface area contributed by atoms with E-state index in [1.165, 1.54) is 5.56 Å². The molecule has 2 aromatic rings. The number of rotatable bonds is 3. The SMILES string of the molecule is O=C(OCC12CCN(CC1)C2)N1CCc2ccccc2[C@@H]1c1ccc(O)cc1. The van der Waals surface area contributed by atoms with Crippen molar-refractivity contribution in [2.24, 2.45) is 5.41 Å². The molecule has 3 heterocycles. The number of nitrogens with zero attached hydrogens (tertiary/aromatic N) is 2. The Morgan fingerprint density at radius 3 is 2.54 bits per heavy atom. The van der Waals surface area contributed by atoms with Crippen LogP contribution in [0, 0.1) is 5.41 Å². The zero-order chi connectivity index (χ0) is 19.1. The van der Waals surface area contributed by atoms with Crippen LogP contribution in [0.4, 0.5) is 4.79 Å². The van der Waals surface area contributed by atoms with Crippen molar-refractivity contribution in [2.75, 3.05) is 32.8 Å². The minimum absolute atomic E-state index is 0.164. The van der Waals surface area contributed by atoms with Crippen LogP contribution in [0.2, 0.25) is 0 Å². The van der Waals surface area contributed by atoms with Crippen LogP contribution in [0.5, 0.6) is 5.75 Å². The Morgan fingerprint density at radius 1 is 1.07 bits per heavy atom. The van der Waals surface area contributed by atoms with E-state index in [-0.39, 0.29) is 23.3 Å². The van der Waals surface area contributed by atoms with Crippen LogP contribution in [-0.4, -0.2) is 53.8 Å². The Bertz CT molecular complexity index is 872. The fourth-order valence-corrected chi connectivity index (χ4v) is 5.08. The number of hydrogen-bond acceptors (Lipinski definition) is 4. The van der Waals surface area contributed by atoms with Gasteiger partial charge in [-0.05, 0) is 61.2 Å². The molecule has 0 spiro atoms. The lowest BCUT2D eigenvalue weighted by Gasteiger charge is -2.37. The predicted octanol–water partition coefficient (Wildman–Crippen LogP) is 3.57. The molecule has 0 aromatic heterocycles. The van der Waals surface area contributed by atoms with E-state index in [9.17, 15) is 9.90 Å². The van der Waals surface area contributed by atoms with Crippen LogP contribution in [-0.2, 0) is 11.2 Å². The van der Waals surface area contributed by atoms with Crippen LogP contribution in [0.3, 0.4) is 0 Å². The van der Waals surface area contributed by atoms with Crippen LogP contribution in [0.1, 0.15) is 35.6 Å². The molecule has 1 N–H and O–H groups in total. The molecule has 2 fully saturated rings. The zero-order valence-corrected chi connectivity index (χ0v) is 16.0. The van der Waals surface area contributed by atoms with Crippen molar-refractivity contribution in [3.8, 4) is 5.75 Å². The first-order chi connectivity index (χ1) is 13.6. The third kappa shape index (κ3) is 3.04. The highest BCUT2D eigenvalue weighted by molar-refractivity contribution is 5.70. The summed E-state index contributed by atoms with van der Waals surface area (Å²) in [5, 5.41) is 9.68. The first-order valence-electron chi connectivity index (χ1n) is 10.2. The van der Waals surface area contributed by atoms with Crippen molar-refractivity contribution in [3.05, 3.63) is 65.2 Å². The lowest BCUT2D eigenvalue weighted by molar-refractivity contribution is 0.0545. The Morgan fingerprint density at radius 2 is 1.82 bits per heavy atom. The molecule has 3 aliphatic heterocycles. The number of amides is 1. The summed E-state index contributed by atoms with van der Waals surface area (Å²) in [6.07, 6.45) is 2.86. The molecule has 0 saturated carbocycles. The maximum absolute atomic E-state index is 13.1. The van der Waals surface area contributed by atoms with Crippen molar-refractivity contribution >= 4 is 6.09 Å². The molecule has 5 nitrogen and oxygen atoms in total. The molecule has 0 radical (unpaired) electrons. The van der Waals surface area contributed by atoms with Crippen LogP contribution >= 0.6 is 0 Å². The first-order valence-corrected chi connectivity index (χ1v) is 10.2. The number of piperidine rings is 1. The smallest absolute Gasteiger partial charge is 0.410 e. The standard InChI is InChI=1S/C23H26N2O3/c26-19-7-5-18(6-8-19)21-20-4-2-1-3-17(20)9-12-25(21)22(27)28-16-23-10-13-24(15-23)14-11-23/h1-8,21,26H,9-16H2/t21-/m0/s1. The molecule has 146 valence electrons. The van der Waals surface area contributed by atoms with Gasteiger partial charge in [0.15, 0.2) is 0 Å². The Kier molecular flexibility index (Phi) is 4.27. The molecule has 5 heteroatoms. The number of hydrogen-bond donors (Lipinski definition) is 1. The van der Waals surface area contributed by atoms with Crippen molar-refractivity contribution in [3.63, 3.8) is 0 Å². The van der Waals surface area contributed by atoms with Gasteiger partial charge < -0.3 is 14.7 Å². The third-order valence-corrected chi connectivity index (χ3v) is 6.70. The monoisotopic (exact) mass is 378 g/mol. The minimum Gasteiger partial charge on any atom is -0.508 e. The van der Waals surface area contributed by atoms with Gasteiger partial charge in [0.25, 0.3) is 0 Å². The average Bonchev–Trinajstić information content (AvgIpc) is 3.33. The third-order valence-electron chi connectivity index (χ3n) is 6.70. The number of fused-ring (bicyclic) bond motifs is 3. The molecule has 3 aliphatic rings. The molecule has 2 aromatic carbocycles. The predicted molar refractivity (Wildman–Crippen MR) is 106 cm³/mol. The molecule has 1 atom stereocenters. The van der Waals surface area contributed by atoms with E-state index in [2.05, 4.69) is 17.0 Å². The molecular formula is C23H26N2O3. The van der Waals surface area contributed by atoms with Gasteiger partial charge in [-0.3, -0.25) is 4.90 Å². The highest BCUT2D eigenvalue weighted by Crippen LogP contribution is 2.41. The lowest BCUT2D eigenvalue weighted by Crippen LogP contribution is -2.42. The Labute approximate surface area is 165 Å². The maximum Gasteiger partial charge on any atom is 0.410 e. The van der Waals surface area contributed by atoms with Gasteiger partial charge in [-0.15, -0.1) is 0 Å². The quantitative estimate of drug-likeness (QED) is 0.887. The summed E-state index contributed by atoms with van der Waals surface area (Å²) in [4.78, 5) is 17.4. The van der Waals surface area contributed by atoms with Gasteiger partial charge in [0.2, 0.25) is 0 Å². The molecule has 0 unspecified atom stereocenters. The topological polar surface area (TPSA) is 53.0 Å². The van der Waals surface area contributed by atoms with E-state index >= 15 is 0 Å². The van der Waals surface area contributed by atoms with Gasteiger partial charge in [0, 0.05) is 18.5 Å². The first kappa shape index (κ1) is 17.6. The number of benzene rings is 2. The Hall–Kier alpha value is -2.53. The Balaban J connectivity index is 1.40. The van der Waals surface area contributed by atoms with E-state index in [4.69, 9.17) is 4.74 Å². The van der Waals surface area contributed by atoms with Gasteiger partial charge in [-0.2, -0.15) is 0 Å². The van der Waals surface area contributed by atoms with E-state index in [1.54, 1.807) is 12.1 Å². The molecule has 0 aliphatic carbocycles. The van der Waals surface area contributed by atoms with Crippen molar-refractivity contribution in [2.45, 2.75) is 25.3 Å². The van der Waals surface area contributed by atoms with E-state index in [1.807, 2.05) is 29.2 Å². The van der Waals surface area contributed by atoms with Gasteiger partial charge in [0.1, 0.15) is 12.4 Å². The van der Waals surface area contributed by atoms with Gasteiger partial charge in [0.05, 0.1) is 6.04 Å². The summed E-state index contributed by atoms with van der Waals surface area (Å²) in [5.41, 5.74) is 3.57.